The van der Waals surface area contributed by atoms with E-state index in [1.165, 1.54) is 0 Å². The third kappa shape index (κ3) is 2.04. The molecule has 0 fully saturated rings. The summed E-state index contributed by atoms with van der Waals surface area (Å²) in [6.07, 6.45) is 1.07. The van der Waals surface area contributed by atoms with Crippen LogP contribution in [0.2, 0.25) is 0 Å². The zero-order chi connectivity index (χ0) is 11.5. The van der Waals surface area contributed by atoms with E-state index in [1.54, 1.807) is 25.3 Å². The molecule has 1 amide bonds. The van der Waals surface area contributed by atoms with Crippen molar-refractivity contribution in [3.8, 4) is 0 Å². The normalized spacial score (nSPS) is 12.6. The van der Waals surface area contributed by atoms with Crippen LogP contribution in [0.25, 0.3) is 10.9 Å². The molecule has 2 rings (SSSR count). The number of nitrogens with zero attached hydrogens (tertiary/aromatic N) is 1. The molecule has 0 radical (unpaired) electrons. The van der Waals surface area contributed by atoms with Gasteiger partial charge in [0.15, 0.2) is 0 Å². The predicted octanol–water partition coefficient (Wildman–Crippen LogP) is 0.673. The fraction of sp³-hybridized carbons (Fsp3) is 0.273. The maximum atomic E-state index is 11.8. The van der Waals surface area contributed by atoms with Crippen molar-refractivity contribution in [2.45, 2.75) is 13.0 Å². The Morgan fingerprint density at radius 2 is 2.44 bits per heavy atom. The number of hydrogen-bond acceptors (Lipinski definition) is 3. The van der Waals surface area contributed by atoms with Crippen molar-refractivity contribution in [1.29, 1.82) is 0 Å². The number of aliphatic hydroxyl groups is 1. The first kappa shape index (κ1) is 10.6. The number of fused-ring (bicyclic) bond motifs is 1. The molecule has 0 aliphatic heterocycles. The topological polar surface area (TPSA) is 78.0 Å². The van der Waals surface area contributed by atoms with E-state index < -0.39 is 6.10 Å². The molecular weight excluding hydrogens is 206 g/mol. The van der Waals surface area contributed by atoms with Crippen molar-refractivity contribution in [3.05, 3.63) is 30.0 Å². The zero-order valence-electron chi connectivity index (χ0n) is 8.90. The predicted molar refractivity (Wildman–Crippen MR) is 60.1 cm³/mol. The highest BCUT2D eigenvalue weighted by Gasteiger charge is 2.10. The second-order valence-corrected chi connectivity index (χ2v) is 3.70. The van der Waals surface area contributed by atoms with Gasteiger partial charge < -0.3 is 10.4 Å². The second kappa shape index (κ2) is 4.32. The van der Waals surface area contributed by atoms with Crippen molar-refractivity contribution in [3.63, 3.8) is 0 Å². The first-order chi connectivity index (χ1) is 7.68. The highest BCUT2D eigenvalue weighted by atomic mass is 16.3. The maximum absolute atomic E-state index is 11.8. The quantitative estimate of drug-likeness (QED) is 0.710. The van der Waals surface area contributed by atoms with E-state index in [0.29, 0.717) is 5.56 Å². The van der Waals surface area contributed by atoms with Crippen molar-refractivity contribution in [1.82, 2.24) is 15.5 Å². The molecule has 5 heteroatoms. The van der Waals surface area contributed by atoms with E-state index in [4.69, 9.17) is 5.11 Å². The summed E-state index contributed by atoms with van der Waals surface area (Å²) in [6.45, 7) is 1.87. The fourth-order valence-electron chi connectivity index (χ4n) is 1.50. The Bertz CT molecular complexity index is 505. The molecule has 1 aromatic heterocycles. The number of aromatic amines is 1. The van der Waals surface area contributed by atoms with Crippen molar-refractivity contribution >= 4 is 16.8 Å². The average molecular weight is 219 g/mol. The van der Waals surface area contributed by atoms with Crippen LogP contribution in [0, 0.1) is 0 Å². The van der Waals surface area contributed by atoms with Crippen molar-refractivity contribution < 1.29 is 9.90 Å². The lowest BCUT2D eigenvalue weighted by Crippen LogP contribution is -2.30. The Morgan fingerprint density at radius 1 is 1.62 bits per heavy atom. The van der Waals surface area contributed by atoms with Crippen LogP contribution in [-0.4, -0.2) is 33.9 Å². The number of hydrogen-bond donors (Lipinski definition) is 3. The number of H-pyrrole nitrogens is 1. The Morgan fingerprint density at radius 3 is 3.19 bits per heavy atom. The Hall–Kier alpha value is -1.88. The SMILES string of the molecule is CC(O)CNC(=O)c1cccc2[nH]ncc12. The van der Waals surface area contributed by atoms with Crippen LogP contribution in [0.15, 0.2) is 24.4 Å². The molecule has 16 heavy (non-hydrogen) atoms. The molecule has 0 aliphatic carbocycles. The minimum Gasteiger partial charge on any atom is -0.392 e. The van der Waals surface area contributed by atoms with E-state index in [0.717, 1.165) is 10.9 Å². The van der Waals surface area contributed by atoms with Crippen LogP contribution in [-0.2, 0) is 0 Å². The van der Waals surface area contributed by atoms with E-state index in [1.807, 2.05) is 6.07 Å². The number of nitrogens with one attached hydrogen (secondary N) is 2. The standard InChI is InChI=1S/C11H13N3O2/c1-7(15)5-12-11(16)8-3-2-4-10-9(8)6-13-14-10/h2-4,6-7,15H,5H2,1H3,(H,12,16)(H,13,14). The smallest absolute Gasteiger partial charge is 0.252 e. The van der Waals surface area contributed by atoms with Gasteiger partial charge in [0.2, 0.25) is 0 Å². The van der Waals surface area contributed by atoms with Gasteiger partial charge >= 0.3 is 0 Å². The summed E-state index contributed by atoms with van der Waals surface area (Å²) in [5.41, 5.74) is 1.39. The van der Waals surface area contributed by atoms with Crippen molar-refractivity contribution in [2.75, 3.05) is 6.54 Å². The Kier molecular flexibility index (Phi) is 2.87. The summed E-state index contributed by atoms with van der Waals surface area (Å²) >= 11 is 0. The number of aromatic nitrogens is 2. The molecule has 1 unspecified atom stereocenters. The molecule has 0 saturated carbocycles. The minimum absolute atomic E-state index is 0.201. The van der Waals surface area contributed by atoms with Crippen LogP contribution in [0.5, 0.6) is 0 Å². The van der Waals surface area contributed by atoms with E-state index in [-0.39, 0.29) is 12.5 Å². The fourth-order valence-corrected chi connectivity index (χ4v) is 1.50. The lowest BCUT2D eigenvalue weighted by Gasteiger charge is -2.07. The van der Waals surface area contributed by atoms with Crippen LogP contribution >= 0.6 is 0 Å². The van der Waals surface area contributed by atoms with Gasteiger partial charge in [0, 0.05) is 11.9 Å². The number of carbonyl (C=O) groups excluding carboxylic acids is 1. The molecule has 84 valence electrons. The summed E-state index contributed by atoms with van der Waals surface area (Å²) < 4.78 is 0. The molecule has 5 nitrogen and oxygen atoms in total. The molecule has 0 saturated heterocycles. The number of carbonyl (C=O) groups is 1. The van der Waals surface area contributed by atoms with Crippen LogP contribution in [0.3, 0.4) is 0 Å². The van der Waals surface area contributed by atoms with Crippen LogP contribution < -0.4 is 5.32 Å². The third-order valence-electron chi connectivity index (χ3n) is 2.29. The molecule has 1 aromatic carbocycles. The highest BCUT2D eigenvalue weighted by molar-refractivity contribution is 6.05. The molecule has 3 N–H and O–H groups in total. The van der Waals surface area contributed by atoms with Crippen LogP contribution in [0.4, 0.5) is 0 Å². The van der Waals surface area contributed by atoms with Gasteiger partial charge in [0.05, 0.1) is 23.4 Å². The summed E-state index contributed by atoms with van der Waals surface area (Å²) in [4.78, 5) is 11.8. The van der Waals surface area contributed by atoms with E-state index in [2.05, 4.69) is 15.5 Å². The monoisotopic (exact) mass is 219 g/mol. The van der Waals surface area contributed by atoms with Gasteiger partial charge in [-0.2, -0.15) is 5.10 Å². The number of benzene rings is 1. The molecule has 1 atom stereocenters. The summed E-state index contributed by atoms with van der Waals surface area (Å²) in [6, 6.07) is 5.38. The zero-order valence-corrected chi connectivity index (χ0v) is 8.90. The minimum atomic E-state index is -0.549. The lowest BCUT2D eigenvalue weighted by molar-refractivity contribution is 0.0925. The molecule has 2 aromatic rings. The molecular formula is C11H13N3O2. The summed E-state index contributed by atoms with van der Waals surface area (Å²) in [5.74, 6) is -0.201. The summed E-state index contributed by atoms with van der Waals surface area (Å²) in [5, 5.41) is 19.2. The number of aliphatic hydroxyl groups excluding tert-OH is 1. The average Bonchev–Trinajstić information content (AvgIpc) is 2.73. The number of rotatable bonds is 3. The van der Waals surface area contributed by atoms with Gasteiger partial charge in [-0.25, -0.2) is 0 Å². The first-order valence-corrected chi connectivity index (χ1v) is 5.07. The first-order valence-electron chi connectivity index (χ1n) is 5.07. The lowest BCUT2D eigenvalue weighted by atomic mass is 10.1. The van der Waals surface area contributed by atoms with Gasteiger partial charge in [-0.3, -0.25) is 9.89 Å². The summed E-state index contributed by atoms with van der Waals surface area (Å²) in [7, 11) is 0. The van der Waals surface area contributed by atoms with Gasteiger partial charge in [0.25, 0.3) is 5.91 Å². The Labute approximate surface area is 92.5 Å². The maximum Gasteiger partial charge on any atom is 0.252 e. The third-order valence-corrected chi connectivity index (χ3v) is 2.29. The number of amides is 1. The molecule has 1 heterocycles. The second-order valence-electron chi connectivity index (χ2n) is 3.70. The largest absolute Gasteiger partial charge is 0.392 e. The highest BCUT2D eigenvalue weighted by Crippen LogP contribution is 2.15. The molecule has 0 spiro atoms. The van der Waals surface area contributed by atoms with E-state index in [9.17, 15) is 4.79 Å². The molecule has 0 bridgehead atoms. The van der Waals surface area contributed by atoms with Gasteiger partial charge in [-0.05, 0) is 19.1 Å². The van der Waals surface area contributed by atoms with Crippen molar-refractivity contribution in [2.24, 2.45) is 0 Å². The van der Waals surface area contributed by atoms with Gasteiger partial charge in [-0.15, -0.1) is 0 Å². The van der Waals surface area contributed by atoms with Gasteiger partial charge in [0.1, 0.15) is 0 Å². The van der Waals surface area contributed by atoms with Crippen LogP contribution in [0.1, 0.15) is 17.3 Å². The van der Waals surface area contributed by atoms with Gasteiger partial charge in [-0.1, -0.05) is 6.07 Å². The Balaban J connectivity index is 2.25. The molecule has 0 aliphatic rings. The van der Waals surface area contributed by atoms with E-state index >= 15 is 0 Å².